The van der Waals surface area contributed by atoms with Gasteiger partial charge in [0.1, 0.15) is 11.3 Å². The molecule has 144 valence electrons. The Balaban J connectivity index is 2.25. The predicted octanol–water partition coefficient (Wildman–Crippen LogP) is 5.37. The van der Waals surface area contributed by atoms with E-state index in [4.69, 9.17) is 23.2 Å². The van der Waals surface area contributed by atoms with Crippen LogP contribution in [0.3, 0.4) is 0 Å². The molecule has 5 nitrogen and oxygen atoms in total. The quantitative estimate of drug-likeness (QED) is 0.554. The van der Waals surface area contributed by atoms with Crippen molar-refractivity contribution < 1.29 is 31.1 Å². The molecule has 0 saturated heterocycles. The molecule has 1 aromatic carbocycles. The summed E-state index contributed by atoms with van der Waals surface area (Å²) in [4.78, 5) is 13.1. The third-order valence-electron chi connectivity index (χ3n) is 3.39. The van der Waals surface area contributed by atoms with Crippen molar-refractivity contribution in [3.8, 4) is 17.4 Å². The van der Waals surface area contributed by atoms with Crippen molar-refractivity contribution in [1.82, 2.24) is 19.9 Å². The first kappa shape index (κ1) is 19.5. The van der Waals surface area contributed by atoms with E-state index in [1.54, 1.807) is 0 Å². The zero-order chi connectivity index (χ0) is 20.1. The van der Waals surface area contributed by atoms with E-state index in [1.165, 1.54) is 0 Å². The maximum Gasteiger partial charge on any atom is 0.435 e. The van der Waals surface area contributed by atoms with Gasteiger partial charge in [0.2, 0.25) is 0 Å². The average Bonchev–Trinajstić information content (AvgIpc) is 2.94. The summed E-state index contributed by atoms with van der Waals surface area (Å²) in [6.45, 7) is 0. The number of nitrogens with zero attached hydrogens (tertiary/aromatic N) is 3. The number of fused-ring (bicyclic) bond motifs is 1. The van der Waals surface area contributed by atoms with Gasteiger partial charge in [-0.3, -0.25) is 0 Å². The highest BCUT2D eigenvalue weighted by atomic mass is 35.5. The van der Waals surface area contributed by atoms with Gasteiger partial charge in [0.05, 0.1) is 28.3 Å². The number of aromatic nitrogens is 4. The Kier molecular flexibility index (Phi) is 4.63. The van der Waals surface area contributed by atoms with Crippen LogP contribution in [0.25, 0.3) is 22.6 Å². The van der Waals surface area contributed by atoms with Crippen LogP contribution in [-0.2, 0) is 12.4 Å². The van der Waals surface area contributed by atoms with Crippen molar-refractivity contribution in [3.05, 3.63) is 33.4 Å². The summed E-state index contributed by atoms with van der Waals surface area (Å²) in [5, 5.41) is -0.912. The minimum absolute atomic E-state index is 0.212. The summed E-state index contributed by atoms with van der Waals surface area (Å²) in [6.07, 6.45) is -9.58. The number of alkyl halides is 6. The lowest BCUT2D eigenvalue weighted by Gasteiger charge is -2.10. The second kappa shape index (κ2) is 6.41. The van der Waals surface area contributed by atoms with Gasteiger partial charge in [-0.2, -0.15) is 36.3 Å². The number of rotatable bonds is 2. The van der Waals surface area contributed by atoms with Crippen LogP contribution in [0, 0.1) is 0 Å². The van der Waals surface area contributed by atoms with Crippen LogP contribution in [0.15, 0.2) is 12.1 Å². The van der Waals surface area contributed by atoms with Crippen LogP contribution < -0.4 is 4.74 Å². The van der Waals surface area contributed by atoms with Crippen molar-refractivity contribution in [2.75, 3.05) is 7.11 Å². The summed E-state index contributed by atoms with van der Waals surface area (Å²) in [5.74, 6) is -0.304. The number of hydrogen-bond acceptors (Lipinski definition) is 4. The Hall–Kier alpha value is -2.27. The van der Waals surface area contributed by atoms with Gasteiger partial charge in [0, 0.05) is 0 Å². The molecule has 0 amide bonds. The molecule has 0 aliphatic carbocycles. The Bertz CT molecular complexity index is 1010. The SMILES string of the molecule is COc1nc(C(F)(F)F)c2[nH]c(-c3c(Cl)cc(C(F)(F)F)cc3Cl)nc2n1. The van der Waals surface area contributed by atoms with E-state index in [0.29, 0.717) is 12.1 Å². The van der Waals surface area contributed by atoms with Crippen LogP contribution in [-0.4, -0.2) is 27.0 Å². The number of methoxy groups -OCH3 is 1. The molecular weight excluding hydrogens is 425 g/mol. The van der Waals surface area contributed by atoms with E-state index in [9.17, 15) is 26.3 Å². The highest BCUT2D eigenvalue weighted by molar-refractivity contribution is 6.39. The van der Waals surface area contributed by atoms with E-state index in [-0.39, 0.29) is 11.4 Å². The number of halogens is 8. The molecule has 0 spiro atoms. The molecule has 13 heteroatoms. The molecule has 3 aromatic rings. The molecule has 2 heterocycles. The summed E-state index contributed by atoms with van der Waals surface area (Å²) in [7, 11) is 1.07. The average molecular weight is 431 g/mol. The standard InChI is InChI=1S/C14H6Cl2F6N4O/c1-27-12-24-9(14(20,21)22)8-11(26-12)25-10(23-8)7-5(15)2-4(3-6(7)16)13(17,18)19/h2-3H,1H3,(H,23,24,25,26). The Morgan fingerprint density at radius 1 is 0.926 bits per heavy atom. The van der Waals surface area contributed by atoms with Crippen molar-refractivity contribution in [3.63, 3.8) is 0 Å². The summed E-state index contributed by atoms with van der Waals surface area (Å²) in [6, 6.07) is 0.595. The Labute approximate surface area is 156 Å². The van der Waals surface area contributed by atoms with E-state index in [0.717, 1.165) is 7.11 Å². The van der Waals surface area contributed by atoms with E-state index < -0.39 is 50.8 Å². The molecule has 0 aliphatic heterocycles. The lowest BCUT2D eigenvalue weighted by Crippen LogP contribution is -2.10. The smallest absolute Gasteiger partial charge is 0.435 e. The van der Waals surface area contributed by atoms with Crippen LogP contribution in [0.5, 0.6) is 6.01 Å². The molecule has 0 unspecified atom stereocenters. The number of ether oxygens (including phenoxy) is 1. The normalized spacial score (nSPS) is 12.6. The summed E-state index contributed by atoms with van der Waals surface area (Å²) >= 11 is 11.7. The fraction of sp³-hybridized carbons (Fsp3) is 0.214. The highest BCUT2D eigenvalue weighted by Crippen LogP contribution is 2.41. The monoisotopic (exact) mass is 430 g/mol. The lowest BCUT2D eigenvalue weighted by molar-refractivity contribution is -0.140. The third kappa shape index (κ3) is 3.61. The molecule has 0 aliphatic rings. The summed E-state index contributed by atoms with van der Waals surface area (Å²) < 4.78 is 82.7. The van der Waals surface area contributed by atoms with Crippen LogP contribution in [0.4, 0.5) is 26.3 Å². The van der Waals surface area contributed by atoms with Gasteiger partial charge in [0.25, 0.3) is 0 Å². The molecule has 3 rings (SSSR count). The van der Waals surface area contributed by atoms with Crippen molar-refractivity contribution in [1.29, 1.82) is 0 Å². The zero-order valence-corrected chi connectivity index (χ0v) is 14.4. The number of imidazole rings is 1. The van der Waals surface area contributed by atoms with Gasteiger partial charge < -0.3 is 9.72 Å². The van der Waals surface area contributed by atoms with Crippen molar-refractivity contribution in [2.45, 2.75) is 12.4 Å². The summed E-state index contributed by atoms with van der Waals surface area (Å²) in [5.41, 5.74) is -3.70. The lowest BCUT2D eigenvalue weighted by atomic mass is 10.1. The van der Waals surface area contributed by atoms with E-state index >= 15 is 0 Å². The van der Waals surface area contributed by atoms with E-state index in [1.807, 2.05) is 0 Å². The maximum absolute atomic E-state index is 13.2. The number of hydrogen-bond donors (Lipinski definition) is 1. The van der Waals surface area contributed by atoms with Gasteiger partial charge in [-0.25, -0.2) is 4.98 Å². The van der Waals surface area contributed by atoms with Gasteiger partial charge in [-0.15, -0.1) is 0 Å². The topological polar surface area (TPSA) is 63.7 Å². The molecule has 27 heavy (non-hydrogen) atoms. The Morgan fingerprint density at radius 2 is 1.52 bits per heavy atom. The van der Waals surface area contributed by atoms with Crippen molar-refractivity contribution >= 4 is 34.4 Å². The fourth-order valence-electron chi connectivity index (χ4n) is 2.26. The van der Waals surface area contributed by atoms with Gasteiger partial charge in [-0.05, 0) is 12.1 Å². The molecule has 1 N–H and O–H groups in total. The van der Waals surface area contributed by atoms with E-state index in [2.05, 4.69) is 24.7 Å². The number of H-pyrrole nitrogens is 1. The molecule has 0 saturated carbocycles. The van der Waals surface area contributed by atoms with Crippen LogP contribution in [0.2, 0.25) is 10.0 Å². The molecule has 0 atom stereocenters. The third-order valence-corrected chi connectivity index (χ3v) is 3.98. The first-order valence-corrected chi connectivity index (χ1v) is 7.63. The second-order valence-corrected chi connectivity index (χ2v) is 5.97. The first-order chi connectivity index (χ1) is 12.4. The van der Waals surface area contributed by atoms with Gasteiger partial charge in [-0.1, -0.05) is 23.2 Å². The number of aromatic amines is 1. The predicted molar refractivity (Wildman–Crippen MR) is 83.7 cm³/mol. The van der Waals surface area contributed by atoms with Gasteiger partial charge in [0.15, 0.2) is 11.3 Å². The minimum Gasteiger partial charge on any atom is -0.467 e. The molecule has 0 fully saturated rings. The maximum atomic E-state index is 13.2. The highest BCUT2D eigenvalue weighted by Gasteiger charge is 2.38. The first-order valence-electron chi connectivity index (χ1n) is 6.87. The van der Waals surface area contributed by atoms with Crippen LogP contribution >= 0.6 is 23.2 Å². The molecule has 0 bridgehead atoms. The molecule has 2 aromatic heterocycles. The molecule has 0 radical (unpaired) electrons. The zero-order valence-electron chi connectivity index (χ0n) is 12.9. The fourth-order valence-corrected chi connectivity index (χ4v) is 2.92. The van der Waals surface area contributed by atoms with Crippen LogP contribution in [0.1, 0.15) is 11.3 Å². The number of benzene rings is 1. The Morgan fingerprint density at radius 3 is 2.00 bits per heavy atom. The van der Waals surface area contributed by atoms with Crippen molar-refractivity contribution in [2.24, 2.45) is 0 Å². The number of nitrogens with one attached hydrogen (secondary N) is 1. The minimum atomic E-state index is -4.87. The second-order valence-electron chi connectivity index (χ2n) is 5.15. The molecular formula is C14H6Cl2F6N4O. The van der Waals surface area contributed by atoms with Gasteiger partial charge >= 0.3 is 18.4 Å². The largest absolute Gasteiger partial charge is 0.467 e.